The lowest BCUT2D eigenvalue weighted by atomic mass is 9.74. The zero-order valence-corrected chi connectivity index (χ0v) is 25.1. The molecule has 2 aromatic carbocycles. The van der Waals surface area contributed by atoms with Crippen molar-refractivity contribution in [3.63, 3.8) is 0 Å². The number of hydrogen-bond donors (Lipinski definition) is 2. The van der Waals surface area contributed by atoms with Gasteiger partial charge in [0.25, 0.3) is 0 Å². The summed E-state index contributed by atoms with van der Waals surface area (Å²) in [6, 6.07) is 11.4. The van der Waals surface area contributed by atoms with Gasteiger partial charge in [-0.2, -0.15) is 0 Å². The molecule has 2 fully saturated rings. The van der Waals surface area contributed by atoms with E-state index in [1.54, 1.807) is 31.3 Å². The van der Waals surface area contributed by atoms with Gasteiger partial charge in [0, 0.05) is 31.2 Å². The lowest BCUT2D eigenvalue weighted by Crippen LogP contribution is -2.52. The Labute approximate surface area is 243 Å². The number of aliphatic hydroxyl groups excluding tert-OH is 1. The molecule has 0 radical (unpaired) electrons. The SMILES string of the molecule is COCCOc1cc(CN[C@H]2CCC[C@H]3N(C(=O)OC(C)(C)C)[C@@H](c4ccc(F)cc4)C[C@@]3(C)[C@@H]2O)ccc1OC. The minimum Gasteiger partial charge on any atom is -0.493 e. The molecule has 2 aliphatic rings. The van der Waals surface area contributed by atoms with Gasteiger partial charge in [0.1, 0.15) is 18.0 Å². The molecule has 1 saturated heterocycles. The van der Waals surface area contributed by atoms with Crippen molar-refractivity contribution < 1.29 is 33.2 Å². The fourth-order valence-corrected chi connectivity index (χ4v) is 6.30. The molecule has 1 saturated carbocycles. The standard InChI is InChI=1S/C32H45FN2O6/c1-31(2,3)41-30(37)35-25(22-11-13-23(33)14-12-22)19-32(4)28(35)9-7-8-24(29(32)36)34-20-21-10-15-26(39-6)27(18-21)40-17-16-38-5/h10-15,18,24-25,28-29,34,36H,7-9,16-17,19-20H2,1-6H3/t24-,25+,28+,29+,32+/m0/s1. The zero-order valence-electron chi connectivity index (χ0n) is 25.1. The molecular weight excluding hydrogens is 527 g/mol. The van der Waals surface area contributed by atoms with Crippen LogP contribution in [0.2, 0.25) is 0 Å². The smallest absolute Gasteiger partial charge is 0.411 e. The van der Waals surface area contributed by atoms with E-state index in [2.05, 4.69) is 12.2 Å². The number of aliphatic hydroxyl groups is 1. The van der Waals surface area contributed by atoms with Gasteiger partial charge in [-0.3, -0.25) is 4.90 Å². The zero-order chi connectivity index (χ0) is 29.8. The minimum atomic E-state index is -0.721. The second-order valence-electron chi connectivity index (χ2n) is 12.4. The highest BCUT2D eigenvalue weighted by Gasteiger charge is 2.57. The number of rotatable bonds is 9. The normalized spacial score (nSPS) is 26.3. The largest absolute Gasteiger partial charge is 0.493 e. The molecule has 4 rings (SSSR count). The molecule has 41 heavy (non-hydrogen) atoms. The Morgan fingerprint density at radius 1 is 1.10 bits per heavy atom. The number of carbonyl (C=O) groups is 1. The quantitative estimate of drug-likeness (QED) is 0.377. The number of nitrogens with zero attached hydrogens (tertiary/aromatic N) is 1. The van der Waals surface area contributed by atoms with Crippen LogP contribution >= 0.6 is 0 Å². The van der Waals surface area contributed by atoms with Crippen molar-refractivity contribution in [2.75, 3.05) is 27.4 Å². The summed E-state index contributed by atoms with van der Waals surface area (Å²) in [4.78, 5) is 15.4. The molecule has 0 unspecified atom stereocenters. The second-order valence-corrected chi connectivity index (χ2v) is 12.4. The van der Waals surface area contributed by atoms with E-state index in [4.69, 9.17) is 18.9 Å². The van der Waals surface area contributed by atoms with Gasteiger partial charge < -0.3 is 29.4 Å². The summed E-state index contributed by atoms with van der Waals surface area (Å²) in [5, 5.41) is 15.5. The molecule has 8 nitrogen and oxygen atoms in total. The maximum Gasteiger partial charge on any atom is 0.411 e. The van der Waals surface area contributed by atoms with Crippen LogP contribution in [0.25, 0.3) is 0 Å². The first-order chi connectivity index (χ1) is 19.5. The van der Waals surface area contributed by atoms with Crippen molar-refractivity contribution in [2.45, 2.75) is 89.8 Å². The number of nitrogens with one attached hydrogen (secondary N) is 1. The highest BCUT2D eigenvalue weighted by atomic mass is 19.1. The number of hydrogen-bond acceptors (Lipinski definition) is 7. The summed E-state index contributed by atoms with van der Waals surface area (Å²) in [6.45, 7) is 9.03. The van der Waals surface area contributed by atoms with E-state index in [0.29, 0.717) is 37.7 Å². The molecule has 1 aliphatic heterocycles. The van der Waals surface area contributed by atoms with Crippen LogP contribution in [-0.4, -0.2) is 67.3 Å². The Hall–Kier alpha value is -2.88. The molecule has 2 N–H and O–H groups in total. The highest BCUT2D eigenvalue weighted by molar-refractivity contribution is 5.70. The Balaban J connectivity index is 1.56. The number of amides is 1. The van der Waals surface area contributed by atoms with E-state index < -0.39 is 23.2 Å². The minimum absolute atomic E-state index is 0.183. The summed E-state index contributed by atoms with van der Waals surface area (Å²) < 4.78 is 36.0. The molecule has 0 aromatic heterocycles. The average molecular weight is 573 g/mol. The monoisotopic (exact) mass is 572 g/mol. The first-order valence-electron chi connectivity index (χ1n) is 14.4. The van der Waals surface area contributed by atoms with Crippen LogP contribution in [0.15, 0.2) is 42.5 Å². The predicted octanol–water partition coefficient (Wildman–Crippen LogP) is 5.62. The molecule has 9 heteroatoms. The van der Waals surface area contributed by atoms with E-state index in [1.807, 2.05) is 39.0 Å². The Morgan fingerprint density at radius 2 is 1.83 bits per heavy atom. The molecule has 1 amide bonds. The van der Waals surface area contributed by atoms with Crippen LogP contribution in [0.5, 0.6) is 11.5 Å². The van der Waals surface area contributed by atoms with Crippen molar-refractivity contribution in [1.82, 2.24) is 10.2 Å². The Kier molecular flexibility index (Phi) is 9.82. The van der Waals surface area contributed by atoms with Crippen LogP contribution in [0.3, 0.4) is 0 Å². The number of likely N-dealkylation sites (tertiary alicyclic amines) is 1. The molecule has 5 atom stereocenters. The summed E-state index contributed by atoms with van der Waals surface area (Å²) in [5.41, 5.74) is 0.574. The maximum atomic E-state index is 13.8. The van der Waals surface area contributed by atoms with Gasteiger partial charge in [-0.05, 0) is 81.8 Å². The van der Waals surface area contributed by atoms with E-state index >= 15 is 0 Å². The van der Waals surface area contributed by atoms with Crippen molar-refractivity contribution in [1.29, 1.82) is 0 Å². The van der Waals surface area contributed by atoms with Gasteiger partial charge in [0.2, 0.25) is 0 Å². The molecule has 0 spiro atoms. The third kappa shape index (κ3) is 7.13. The second kappa shape index (κ2) is 13.0. The van der Waals surface area contributed by atoms with Gasteiger partial charge >= 0.3 is 6.09 Å². The molecule has 1 aliphatic carbocycles. The summed E-state index contributed by atoms with van der Waals surface area (Å²) in [6.07, 6.45) is 1.76. The highest BCUT2D eigenvalue weighted by Crippen LogP contribution is 2.54. The number of halogens is 1. The topological polar surface area (TPSA) is 89.5 Å². The molecular formula is C32H45FN2O6. The Bertz CT molecular complexity index is 1170. The van der Waals surface area contributed by atoms with Gasteiger partial charge in [0.05, 0.1) is 25.9 Å². The average Bonchev–Trinajstić information content (AvgIpc) is 3.17. The van der Waals surface area contributed by atoms with Crippen LogP contribution < -0.4 is 14.8 Å². The van der Waals surface area contributed by atoms with Crippen molar-refractivity contribution >= 4 is 6.09 Å². The van der Waals surface area contributed by atoms with E-state index in [0.717, 1.165) is 30.4 Å². The first kappa shape index (κ1) is 31.1. The van der Waals surface area contributed by atoms with E-state index in [1.165, 1.54) is 12.1 Å². The number of carbonyl (C=O) groups excluding carboxylic acids is 1. The van der Waals surface area contributed by atoms with Crippen LogP contribution in [0.1, 0.15) is 70.5 Å². The van der Waals surface area contributed by atoms with Crippen molar-refractivity contribution in [2.24, 2.45) is 5.41 Å². The summed E-state index contributed by atoms with van der Waals surface area (Å²) in [5.74, 6) is 0.962. The van der Waals surface area contributed by atoms with Crippen molar-refractivity contribution in [3.8, 4) is 11.5 Å². The van der Waals surface area contributed by atoms with Crippen LogP contribution in [0, 0.1) is 11.2 Å². The summed E-state index contributed by atoms with van der Waals surface area (Å²) >= 11 is 0. The van der Waals surface area contributed by atoms with Gasteiger partial charge in [-0.15, -0.1) is 0 Å². The van der Waals surface area contributed by atoms with Crippen LogP contribution in [0.4, 0.5) is 9.18 Å². The van der Waals surface area contributed by atoms with Gasteiger partial charge in [0.15, 0.2) is 11.5 Å². The molecule has 2 aromatic rings. The summed E-state index contributed by atoms with van der Waals surface area (Å²) in [7, 11) is 3.24. The lowest BCUT2D eigenvalue weighted by molar-refractivity contribution is -0.0186. The fourth-order valence-electron chi connectivity index (χ4n) is 6.30. The number of ether oxygens (including phenoxy) is 4. The number of methoxy groups -OCH3 is 2. The van der Waals surface area contributed by atoms with Gasteiger partial charge in [-0.1, -0.05) is 25.1 Å². The molecule has 1 heterocycles. The molecule has 0 bridgehead atoms. The van der Waals surface area contributed by atoms with Gasteiger partial charge in [-0.25, -0.2) is 9.18 Å². The van der Waals surface area contributed by atoms with E-state index in [9.17, 15) is 14.3 Å². The number of fused-ring (bicyclic) bond motifs is 1. The number of benzene rings is 2. The maximum absolute atomic E-state index is 13.8. The fraction of sp³-hybridized carbons (Fsp3) is 0.594. The third-order valence-electron chi connectivity index (χ3n) is 8.32. The lowest BCUT2D eigenvalue weighted by Gasteiger charge is -2.39. The first-order valence-corrected chi connectivity index (χ1v) is 14.4. The Morgan fingerprint density at radius 3 is 2.49 bits per heavy atom. The predicted molar refractivity (Wildman–Crippen MR) is 155 cm³/mol. The van der Waals surface area contributed by atoms with E-state index in [-0.39, 0.29) is 23.9 Å². The molecule has 226 valence electrons. The van der Waals surface area contributed by atoms with Crippen LogP contribution in [-0.2, 0) is 16.0 Å². The third-order valence-corrected chi connectivity index (χ3v) is 8.32. The van der Waals surface area contributed by atoms with Crippen molar-refractivity contribution in [3.05, 3.63) is 59.4 Å².